The van der Waals surface area contributed by atoms with Crippen LogP contribution in [0.1, 0.15) is 53.4 Å². The third-order valence-corrected chi connectivity index (χ3v) is 7.00. The number of anilines is 2. The molecule has 1 amide bonds. The summed E-state index contributed by atoms with van der Waals surface area (Å²) in [5.41, 5.74) is 3.49. The molecule has 14 heteroatoms. The Morgan fingerprint density at radius 1 is 0.953 bits per heavy atom. The predicted molar refractivity (Wildman–Crippen MR) is 167 cm³/mol. The summed E-state index contributed by atoms with van der Waals surface area (Å²) in [5.74, 6) is -1.62. The Morgan fingerprint density at radius 3 is 2.14 bits per heavy atom. The molecule has 0 unspecified atom stereocenters. The smallest absolute Gasteiger partial charge is 0.404 e. The molecule has 6 N–H and O–H groups in total. The Balaban J connectivity index is 2.54. The van der Waals surface area contributed by atoms with Crippen LogP contribution < -0.4 is 19.3 Å². The Bertz CT molecular complexity index is 1440. The highest BCUT2D eigenvalue weighted by molar-refractivity contribution is 7.47. The minimum Gasteiger partial charge on any atom is -0.404 e. The molecule has 12 nitrogen and oxygen atoms in total. The summed E-state index contributed by atoms with van der Waals surface area (Å²) in [4.78, 5) is 52.8. The number of nitrogens with one attached hydrogen (secondary N) is 1. The number of amides is 1. The van der Waals surface area contributed by atoms with E-state index < -0.39 is 33.1 Å². The molecule has 0 spiro atoms. The second kappa shape index (κ2) is 16.0. The Labute approximate surface area is 251 Å². The maximum atomic E-state index is 13.8. The van der Waals surface area contributed by atoms with Crippen LogP contribution in [0.2, 0.25) is 0 Å². The number of benzene rings is 1. The van der Waals surface area contributed by atoms with Crippen LogP contribution in [0.15, 0.2) is 83.2 Å². The lowest BCUT2D eigenvalue weighted by atomic mass is 10.1. The van der Waals surface area contributed by atoms with Gasteiger partial charge in [-0.2, -0.15) is 0 Å². The second-order valence-corrected chi connectivity index (χ2v) is 12.5. The van der Waals surface area contributed by atoms with Crippen LogP contribution in [-0.4, -0.2) is 43.7 Å². The lowest BCUT2D eigenvalue weighted by Crippen LogP contribution is -2.32. The maximum Gasteiger partial charge on any atom is 0.524 e. The summed E-state index contributed by atoms with van der Waals surface area (Å²) in [6.45, 7) is 11.7. The number of phosphoric acid groups is 2. The number of aliphatic hydroxyl groups excluding tert-OH is 1. The van der Waals surface area contributed by atoms with E-state index in [1.165, 1.54) is 34.3 Å². The third kappa shape index (κ3) is 12.5. The molecule has 0 saturated carbocycles. The second-order valence-electron chi connectivity index (χ2n) is 10.1. The van der Waals surface area contributed by atoms with Gasteiger partial charge in [0.2, 0.25) is 0 Å². The van der Waals surface area contributed by atoms with Crippen molar-refractivity contribution in [3.63, 3.8) is 0 Å². The standard InChI is InChI=1S/C29H40N2O10P2/c1-20(2)10-8-11-21(3)12-9-13-22(4)15-16-31-26-18-24(40-42(34,35)36)19-27(41-43(37,38)39)28(26)30-23(5)25(29(31)33)14-6-7-17-32/h6-7,10,12,14-15,18-19,30,32H,5,8-9,11,13,16-17H2,1-4H3,(H2,34,35,36)(H2,37,38,39)/b7-6-,21-12+,22-15+,25-14+. The molecule has 2 rings (SSSR count). The number of allylic oxidation sites excluding steroid dienone is 7. The van der Waals surface area contributed by atoms with Crippen LogP contribution in [0.5, 0.6) is 11.5 Å². The number of hydrogen-bond donors (Lipinski definition) is 6. The molecule has 0 aliphatic carbocycles. The number of nitrogens with zero attached hydrogens (tertiary/aromatic N) is 1. The van der Waals surface area contributed by atoms with Gasteiger partial charge in [-0.25, -0.2) is 9.13 Å². The van der Waals surface area contributed by atoms with Gasteiger partial charge in [-0.1, -0.05) is 53.7 Å². The zero-order chi connectivity index (χ0) is 32.4. The zero-order valence-electron chi connectivity index (χ0n) is 24.7. The Hall–Kier alpha value is -3.21. The summed E-state index contributed by atoms with van der Waals surface area (Å²) >= 11 is 0. The van der Waals surface area contributed by atoms with Crippen LogP contribution in [-0.2, 0) is 13.9 Å². The average molecular weight is 639 g/mol. The van der Waals surface area contributed by atoms with Crippen LogP contribution in [0.3, 0.4) is 0 Å². The van der Waals surface area contributed by atoms with Crippen molar-refractivity contribution in [2.75, 3.05) is 23.4 Å². The van der Waals surface area contributed by atoms with Gasteiger partial charge < -0.3 is 24.4 Å². The topological polar surface area (TPSA) is 186 Å². The number of rotatable bonds is 14. The van der Waals surface area contributed by atoms with Crippen molar-refractivity contribution in [3.05, 3.63) is 83.2 Å². The van der Waals surface area contributed by atoms with E-state index in [2.05, 4.69) is 49.3 Å². The molecule has 0 aromatic heterocycles. The Kier molecular flexibility index (Phi) is 13.4. The number of carbonyl (C=O) groups is 1. The van der Waals surface area contributed by atoms with Crippen molar-refractivity contribution < 1.29 is 47.7 Å². The monoisotopic (exact) mass is 638 g/mol. The molecular formula is C29H40N2O10P2. The van der Waals surface area contributed by atoms with E-state index in [9.17, 15) is 33.5 Å². The van der Waals surface area contributed by atoms with Crippen molar-refractivity contribution in [2.45, 2.75) is 53.4 Å². The van der Waals surface area contributed by atoms with Crippen molar-refractivity contribution in [2.24, 2.45) is 0 Å². The highest BCUT2D eigenvalue weighted by Crippen LogP contribution is 2.50. The number of phosphoric ester groups is 2. The van der Waals surface area contributed by atoms with Crippen LogP contribution >= 0.6 is 15.6 Å². The van der Waals surface area contributed by atoms with Crippen molar-refractivity contribution in [1.82, 2.24) is 0 Å². The number of hydrogen-bond acceptors (Lipinski definition) is 7. The fourth-order valence-corrected chi connectivity index (χ4v) is 4.85. The fourth-order valence-electron chi connectivity index (χ4n) is 4.07. The average Bonchev–Trinajstić information content (AvgIpc) is 2.95. The predicted octanol–water partition coefficient (Wildman–Crippen LogP) is 5.80. The quantitative estimate of drug-likeness (QED) is 0.0822. The van der Waals surface area contributed by atoms with Crippen molar-refractivity contribution in [1.29, 1.82) is 0 Å². The normalized spacial score (nSPS) is 15.8. The van der Waals surface area contributed by atoms with Gasteiger partial charge in [-0.3, -0.25) is 24.4 Å². The lowest BCUT2D eigenvalue weighted by Gasteiger charge is -2.24. The van der Waals surface area contributed by atoms with Crippen LogP contribution in [0.25, 0.3) is 0 Å². The summed E-state index contributed by atoms with van der Waals surface area (Å²) in [7, 11) is -10.3. The van der Waals surface area contributed by atoms with Gasteiger partial charge in [0.15, 0.2) is 5.75 Å². The summed E-state index contributed by atoms with van der Waals surface area (Å²) in [6, 6.07) is 2.03. The zero-order valence-corrected chi connectivity index (χ0v) is 26.5. The van der Waals surface area contributed by atoms with Gasteiger partial charge in [-0.15, -0.1) is 0 Å². The minimum atomic E-state index is -5.17. The van der Waals surface area contributed by atoms with E-state index in [-0.39, 0.29) is 35.8 Å². The SMILES string of the molecule is C=C1Nc2c(OP(=O)(O)O)cc(OP(=O)(O)O)cc2N(C/C=C(\C)CC/C=C(\C)CCC=C(C)C)C(=O)/C1=C/C=C\CO. The lowest BCUT2D eigenvalue weighted by molar-refractivity contribution is -0.114. The molecule has 1 aromatic rings. The van der Waals surface area contributed by atoms with E-state index >= 15 is 0 Å². The minimum absolute atomic E-state index is 0.0222. The number of aliphatic hydroxyl groups is 1. The Morgan fingerprint density at radius 2 is 1.56 bits per heavy atom. The summed E-state index contributed by atoms with van der Waals surface area (Å²) in [6.07, 6.45) is 13.8. The van der Waals surface area contributed by atoms with Gasteiger partial charge in [0.1, 0.15) is 11.4 Å². The summed E-state index contributed by atoms with van der Waals surface area (Å²) in [5, 5.41) is 12.0. The number of carbonyl (C=O) groups excluding carboxylic acids is 1. The van der Waals surface area contributed by atoms with Gasteiger partial charge in [0, 0.05) is 24.4 Å². The maximum absolute atomic E-state index is 13.8. The first-order chi connectivity index (χ1) is 20.0. The van der Waals surface area contributed by atoms with E-state index in [1.54, 1.807) is 0 Å². The molecule has 1 aliphatic heterocycles. The van der Waals surface area contributed by atoms with E-state index in [0.29, 0.717) is 6.42 Å². The van der Waals surface area contributed by atoms with Crippen molar-refractivity contribution in [3.8, 4) is 11.5 Å². The van der Waals surface area contributed by atoms with Gasteiger partial charge >= 0.3 is 15.6 Å². The molecule has 0 radical (unpaired) electrons. The first-order valence-electron chi connectivity index (χ1n) is 13.4. The van der Waals surface area contributed by atoms with Crippen LogP contribution in [0, 0.1) is 0 Å². The molecule has 0 atom stereocenters. The largest absolute Gasteiger partial charge is 0.524 e. The molecule has 1 aliphatic rings. The molecular weight excluding hydrogens is 598 g/mol. The van der Waals surface area contributed by atoms with Gasteiger partial charge in [0.05, 0.1) is 17.9 Å². The fraction of sp³-hybridized carbons (Fsp3) is 0.345. The molecule has 43 heavy (non-hydrogen) atoms. The molecule has 1 aromatic carbocycles. The van der Waals surface area contributed by atoms with E-state index in [4.69, 9.17) is 9.63 Å². The molecule has 0 fully saturated rings. The highest BCUT2D eigenvalue weighted by Gasteiger charge is 2.33. The van der Waals surface area contributed by atoms with Crippen LogP contribution in [0.4, 0.5) is 11.4 Å². The third-order valence-electron chi connectivity index (χ3n) is 6.11. The first-order valence-corrected chi connectivity index (χ1v) is 16.5. The first kappa shape index (κ1) is 36.0. The van der Waals surface area contributed by atoms with E-state index in [1.807, 2.05) is 13.0 Å². The summed E-state index contributed by atoms with van der Waals surface area (Å²) < 4.78 is 32.9. The molecule has 1 heterocycles. The molecule has 0 bridgehead atoms. The van der Waals surface area contributed by atoms with E-state index in [0.717, 1.165) is 37.0 Å². The molecule has 236 valence electrons. The van der Waals surface area contributed by atoms with Crippen molar-refractivity contribution >= 4 is 32.9 Å². The molecule has 0 saturated heterocycles. The van der Waals surface area contributed by atoms with Gasteiger partial charge in [-0.05, 0) is 59.5 Å². The highest BCUT2D eigenvalue weighted by atomic mass is 31.2. The van der Waals surface area contributed by atoms with Gasteiger partial charge in [0.25, 0.3) is 5.91 Å². The number of fused-ring (bicyclic) bond motifs is 1.